The Balaban J connectivity index is 2.72. The van der Waals surface area contributed by atoms with E-state index in [-0.39, 0.29) is 6.10 Å². The predicted molar refractivity (Wildman–Crippen MR) is 75.4 cm³/mol. The molecule has 1 heterocycles. The summed E-state index contributed by atoms with van der Waals surface area (Å²) in [7, 11) is 0. The standard InChI is InChI=1S/C15H14O2S/c1-5-11(4)16-13-8-14(18)17-15-10(3)6-9(2)7-12(13)15/h1,6-8,11H,2-4H3. The number of hydrogen-bond donors (Lipinski definition) is 0. The van der Waals surface area contributed by atoms with Crippen molar-refractivity contribution in [3.63, 3.8) is 0 Å². The average molecular weight is 258 g/mol. The molecule has 0 saturated heterocycles. The quantitative estimate of drug-likeness (QED) is 0.596. The lowest BCUT2D eigenvalue weighted by molar-refractivity contribution is 0.281. The second-order valence-corrected chi connectivity index (χ2v) is 4.72. The van der Waals surface area contributed by atoms with Crippen molar-refractivity contribution in [1.82, 2.24) is 0 Å². The number of aryl methyl sites for hydroxylation is 2. The number of ether oxygens (including phenoxy) is 1. The molecule has 0 bridgehead atoms. The molecule has 0 aliphatic rings. The molecule has 0 aliphatic heterocycles. The van der Waals surface area contributed by atoms with Crippen molar-refractivity contribution in [3.8, 4) is 18.1 Å². The first kappa shape index (κ1) is 12.7. The summed E-state index contributed by atoms with van der Waals surface area (Å²) in [6.45, 7) is 5.84. The molecule has 0 fully saturated rings. The Hall–Kier alpha value is -1.79. The summed E-state index contributed by atoms with van der Waals surface area (Å²) >= 11 is 5.11. The molecule has 0 aliphatic carbocycles. The Morgan fingerprint density at radius 2 is 2.06 bits per heavy atom. The molecule has 92 valence electrons. The van der Waals surface area contributed by atoms with Gasteiger partial charge in [-0.3, -0.25) is 0 Å². The molecule has 0 saturated carbocycles. The molecule has 0 spiro atoms. The van der Waals surface area contributed by atoms with Crippen LogP contribution in [0.2, 0.25) is 0 Å². The van der Waals surface area contributed by atoms with Gasteiger partial charge in [0.2, 0.25) is 0 Å². The minimum atomic E-state index is -0.300. The molecule has 2 rings (SSSR count). The van der Waals surface area contributed by atoms with Crippen LogP contribution in [0.4, 0.5) is 0 Å². The van der Waals surface area contributed by atoms with Crippen molar-refractivity contribution in [2.45, 2.75) is 26.9 Å². The zero-order valence-corrected chi connectivity index (χ0v) is 11.4. The van der Waals surface area contributed by atoms with Crippen LogP contribution in [0.15, 0.2) is 22.6 Å². The fourth-order valence-corrected chi connectivity index (χ4v) is 2.10. The minimum Gasteiger partial charge on any atom is -0.477 e. The van der Waals surface area contributed by atoms with Crippen LogP contribution in [0.25, 0.3) is 11.0 Å². The van der Waals surface area contributed by atoms with E-state index in [1.165, 1.54) is 0 Å². The van der Waals surface area contributed by atoms with E-state index in [4.69, 9.17) is 27.8 Å². The van der Waals surface area contributed by atoms with Crippen LogP contribution in [-0.4, -0.2) is 6.10 Å². The monoisotopic (exact) mass is 258 g/mol. The summed E-state index contributed by atoms with van der Waals surface area (Å²) in [6, 6.07) is 5.76. The Kier molecular flexibility index (Phi) is 3.40. The number of hydrogen-bond acceptors (Lipinski definition) is 3. The highest BCUT2D eigenvalue weighted by molar-refractivity contribution is 7.71. The Bertz CT molecular complexity index is 692. The van der Waals surface area contributed by atoms with Crippen LogP contribution in [0.1, 0.15) is 18.1 Å². The fraction of sp³-hybridized carbons (Fsp3) is 0.267. The molecule has 1 aromatic carbocycles. The van der Waals surface area contributed by atoms with Crippen LogP contribution in [0.3, 0.4) is 0 Å². The molecule has 2 aromatic rings. The zero-order chi connectivity index (χ0) is 13.3. The predicted octanol–water partition coefficient (Wildman–Crippen LogP) is 4.18. The smallest absolute Gasteiger partial charge is 0.194 e. The van der Waals surface area contributed by atoms with Crippen molar-refractivity contribution < 1.29 is 9.15 Å². The van der Waals surface area contributed by atoms with E-state index in [9.17, 15) is 0 Å². The maximum Gasteiger partial charge on any atom is 0.194 e. The normalized spacial score (nSPS) is 12.1. The van der Waals surface area contributed by atoms with E-state index in [2.05, 4.69) is 12.0 Å². The molecule has 1 atom stereocenters. The molecule has 1 unspecified atom stereocenters. The molecular weight excluding hydrogens is 244 g/mol. The molecule has 0 radical (unpaired) electrons. The van der Waals surface area contributed by atoms with Gasteiger partial charge in [-0.2, -0.15) is 0 Å². The molecule has 0 N–H and O–H groups in total. The second-order valence-electron chi connectivity index (χ2n) is 4.31. The van der Waals surface area contributed by atoms with E-state index in [1.54, 1.807) is 6.07 Å². The average Bonchev–Trinajstić information content (AvgIpc) is 2.30. The lowest BCUT2D eigenvalue weighted by Crippen LogP contribution is -2.08. The number of terminal acetylenes is 1. The molecule has 0 amide bonds. The fourth-order valence-electron chi connectivity index (χ4n) is 1.91. The highest BCUT2D eigenvalue weighted by atomic mass is 32.1. The lowest BCUT2D eigenvalue weighted by Gasteiger charge is -2.12. The van der Waals surface area contributed by atoms with E-state index in [0.29, 0.717) is 10.5 Å². The van der Waals surface area contributed by atoms with Gasteiger partial charge < -0.3 is 9.15 Å². The van der Waals surface area contributed by atoms with Crippen LogP contribution in [0, 0.1) is 30.9 Å². The van der Waals surface area contributed by atoms with E-state index in [0.717, 1.165) is 22.1 Å². The summed E-state index contributed by atoms with van der Waals surface area (Å²) in [4.78, 5) is 0. The lowest BCUT2D eigenvalue weighted by atomic mass is 10.1. The second kappa shape index (κ2) is 4.83. The van der Waals surface area contributed by atoms with Gasteiger partial charge in [-0.1, -0.05) is 12.0 Å². The third-order valence-corrected chi connectivity index (χ3v) is 2.88. The summed E-state index contributed by atoms with van der Waals surface area (Å²) in [5.74, 6) is 3.22. The first-order chi connectivity index (χ1) is 8.51. The summed E-state index contributed by atoms with van der Waals surface area (Å²) < 4.78 is 11.7. The van der Waals surface area contributed by atoms with E-state index in [1.807, 2.05) is 26.8 Å². The minimum absolute atomic E-state index is 0.300. The van der Waals surface area contributed by atoms with Gasteiger partial charge >= 0.3 is 0 Å². The van der Waals surface area contributed by atoms with Gasteiger partial charge in [0.15, 0.2) is 10.8 Å². The number of fused-ring (bicyclic) bond motifs is 1. The van der Waals surface area contributed by atoms with Crippen molar-refractivity contribution in [3.05, 3.63) is 34.0 Å². The van der Waals surface area contributed by atoms with Gasteiger partial charge in [0.1, 0.15) is 11.3 Å². The highest BCUT2D eigenvalue weighted by Gasteiger charge is 2.10. The maximum atomic E-state index is 5.70. The Morgan fingerprint density at radius 1 is 1.33 bits per heavy atom. The SMILES string of the molecule is C#CC(C)Oc1cc(=S)oc2c(C)cc(C)cc12. The number of benzene rings is 1. The topological polar surface area (TPSA) is 22.4 Å². The van der Waals surface area contributed by atoms with Crippen LogP contribution in [0.5, 0.6) is 5.75 Å². The third kappa shape index (κ3) is 2.39. The highest BCUT2D eigenvalue weighted by Crippen LogP contribution is 2.30. The van der Waals surface area contributed by atoms with Crippen molar-refractivity contribution in [1.29, 1.82) is 0 Å². The molecule has 2 nitrogen and oxygen atoms in total. The van der Waals surface area contributed by atoms with Gasteiger partial charge in [-0.25, -0.2) is 0 Å². The summed E-state index contributed by atoms with van der Waals surface area (Å²) in [5, 5.41) is 0.906. The van der Waals surface area contributed by atoms with Crippen molar-refractivity contribution >= 4 is 23.2 Å². The largest absolute Gasteiger partial charge is 0.477 e. The van der Waals surface area contributed by atoms with Gasteiger partial charge in [0, 0.05) is 6.07 Å². The Morgan fingerprint density at radius 3 is 2.72 bits per heavy atom. The zero-order valence-electron chi connectivity index (χ0n) is 10.6. The van der Waals surface area contributed by atoms with Gasteiger partial charge in [0.05, 0.1) is 5.39 Å². The molecular formula is C15H14O2S. The van der Waals surface area contributed by atoms with Crippen LogP contribution >= 0.6 is 12.2 Å². The molecule has 18 heavy (non-hydrogen) atoms. The first-order valence-corrected chi connectivity index (χ1v) is 6.10. The third-order valence-electron chi connectivity index (χ3n) is 2.67. The van der Waals surface area contributed by atoms with E-state index < -0.39 is 0 Å². The Labute approximate surface area is 112 Å². The number of rotatable bonds is 2. The molecule has 1 aromatic heterocycles. The summed E-state index contributed by atoms with van der Waals surface area (Å²) in [6.07, 6.45) is 5.04. The van der Waals surface area contributed by atoms with Crippen molar-refractivity contribution in [2.24, 2.45) is 0 Å². The van der Waals surface area contributed by atoms with Crippen molar-refractivity contribution in [2.75, 3.05) is 0 Å². The van der Waals surface area contributed by atoms with Gasteiger partial charge in [0.25, 0.3) is 0 Å². The first-order valence-electron chi connectivity index (χ1n) is 5.69. The van der Waals surface area contributed by atoms with Gasteiger partial charge in [-0.05, 0) is 50.2 Å². The van der Waals surface area contributed by atoms with Gasteiger partial charge in [-0.15, -0.1) is 6.42 Å². The van der Waals surface area contributed by atoms with E-state index >= 15 is 0 Å². The van der Waals surface area contributed by atoms with Crippen LogP contribution in [-0.2, 0) is 0 Å². The van der Waals surface area contributed by atoms with Crippen LogP contribution < -0.4 is 4.74 Å². The summed E-state index contributed by atoms with van der Waals surface area (Å²) in [5.41, 5.74) is 2.94. The maximum absolute atomic E-state index is 5.70. The molecule has 3 heteroatoms.